The molecule has 3 aromatic rings. The van der Waals surface area contributed by atoms with Crippen LogP contribution >= 0.6 is 0 Å². The molecule has 4 rings (SSSR count). The fraction of sp³-hybridized carbons (Fsp3) is 0.400. The van der Waals surface area contributed by atoms with Gasteiger partial charge in [-0.3, -0.25) is 4.79 Å². The van der Waals surface area contributed by atoms with E-state index < -0.39 is 0 Å². The summed E-state index contributed by atoms with van der Waals surface area (Å²) >= 11 is 0. The average molecular weight is 461 g/mol. The van der Waals surface area contributed by atoms with E-state index in [0.29, 0.717) is 35.5 Å². The van der Waals surface area contributed by atoms with Crippen LogP contribution < -0.4 is 15.5 Å². The Bertz CT molecular complexity index is 1160. The number of aryl methyl sites for hydroxylation is 4. The van der Waals surface area contributed by atoms with Crippen molar-refractivity contribution in [2.24, 2.45) is 0 Å². The van der Waals surface area contributed by atoms with Gasteiger partial charge in [-0.05, 0) is 51.1 Å². The summed E-state index contributed by atoms with van der Waals surface area (Å²) in [7, 11) is 2.11. The van der Waals surface area contributed by atoms with Gasteiger partial charge in [0.05, 0.1) is 5.56 Å². The van der Waals surface area contributed by atoms with Gasteiger partial charge >= 0.3 is 0 Å². The second kappa shape index (κ2) is 10.1. The third-order valence-electron chi connectivity index (χ3n) is 5.97. The number of likely N-dealkylation sites (N-methyl/N-ethyl adjacent to an activating group) is 1. The second-order valence-corrected chi connectivity index (χ2v) is 8.77. The molecule has 3 heterocycles. The third-order valence-corrected chi connectivity index (χ3v) is 5.97. The van der Waals surface area contributed by atoms with Crippen molar-refractivity contribution >= 4 is 29.3 Å². The van der Waals surface area contributed by atoms with Crippen LogP contribution in [0.4, 0.5) is 23.4 Å². The van der Waals surface area contributed by atoms with Gasteiger partial charge in [-0.1, -0.05) is 24.6 Å². The van der Waals surface area contributed by atoms with Gasteiger partial charge in [0, 0.05) is 44.5 Å². The molecular weight excluding hydrogens is 428 g/mol. The number of carbonyl (C=O) groups is 1. The molecule has 0 unspecified atom stereocenters. The maximum absolute atomic E-state index is 13.2. The maximum Gasteiger partial charge on any atom is 0.259 e. The van der Waals surface area contributed by atoms with Crippen LogP contribution in [0.1, 0.15) is 39.8 Å². The Balaban J connectivity index is 1.60. The van der Waals surface area contributed by atoms with Crippen LogP contribution in [-0.2, 0) is 6.42 Å². The van der Waals surface area contributed by atoms with Gasteiger partial charge in [0.2, 0.25) is 11.9 Å². The maximum atomic E-state index is 13.2. The lowest BCUT2D eigenvalue weighted by Gasteiger charge is -2.32. The molecule has 9 heteroatoms. The zero-order valence-electron chi connectivity index (χ0n) is 20.5. The molecule has 0 saturated carbocycles. The van der Waals surface area contributed by atoms with Crippen molar-refractivity contribution in [3.63, 3.8) is 0 Å². The molecule has 2 aromatic heterocycles. The number of nitrogens with zero attached hydrogens (tertiary/aromatic N) is 6. The highest BCUT2D eigenvalue weighted by molar-refractivity contribution is 6.08. The van der Waals surface area contributed by atoms with Crippen molar-refractivity contribution in [3.05, 3.63) is 58.5 Å². The Labute approximate surface area is 200 Å². The number of benzene rings is 1. The van der Waals surface area contributed by atoms with Gasteiger partial charge < -0.3 is 20.4 Å². The lowest BCUT2D eigenvalue weighted by Crippen LogP contribution is -2.45. The normalized spacial score (nSPS) is 14.2. The van der Waals surface area contributed by atoms with Crippen LogP contribution in [0.3, 0.4) is 0 Å². The Morgan fingerprint density at radius 3 is 2.41 bits per heavy atom. The fourth-order valence-corrected chi connectivity index (χ4v) is 4.12. The third kappa shape index (κ3) is 5.31. The largest absolute Gasteiger partial charge is 0.338 e. The Morgan fingerprint density at radius 1 is 1.03 bits per heavy atom. The molecule has 9 nitrogen and oxygen atoms in total. The first-order valence-corrected chi connectivity index (χ1v) is 11.6. The van der Waals surface area contributed by atoms with Gasteiger partial charge in [-0.25, -0.2) is 4.98 Å². The summed E-state index contributed by atoms with van der Waals surface area (Å²) < 4.78 is 0. The molecule has 1 aliphatic heterocycles. The zero-order chi connectivity index (χ0) is 24.2. The topological polar surface area (TPSA) is 99.2 Å². The predicted octanol–water partition coefficient (Wildman–Crippen LogP) is 3.50. The van der Waals surface area contributed by atoms with E-state index >= 15 is 0 Å². The van der Waals surface area contributed by atoms with E-state index in [2.05, 4.69) is 59.5 Å². The lowest BCUT2D eigenvalue weighted by molar-refractivity contribution is 0.102. The van der Waals surface area contributed by atoms with E-state index in [1.165, 1.54) is 0 Å². The Kier molecular flexibility index (Phi) is 7.02. The van der Waals surface area contributed by atoms with Crippen LogP contribution in [0.5, 0.6) is 0 Å². The fourth-order valence-electron chi connectivity index (χ4n) is 4.12. The minimum Gasteiger partial charge on any atom is -0.338 e. The van der Waals surface area contributed by atoms with Crippen molar-refractivity contribution in [1.82, 2.24) is 24.8 Å². The minimum absolute atomic E-state index is 0.241. The average Bonchev–Trinajstić information content (AvgIpc) is 2.81. The summed E-state index contributed by atoms with van der Waals surface area (Å²) in [5, 5.41) is 6.22. The summed E-state index contributed by atoms with van der Waals surface area (Å²) in [4.78, 5) is 35.9. The number of aromatic nitrogens is 4. The Hall–Kier alpha value is -3.59. The summed E-state index contributed by atoms with van der Waals surface area (Å²) in [5.41, 5.74) is 4.43. The smallest absolute Gasteiger partial charge is 0.259 e. The van der Waals surface area contributed by atoms with Gasteiger partial charge in [-0.15, -0.1) is 0 Å². The van der Waals surface area contributed by atoms with Crippen LogP contribution in [-0.4, -0.2) is 64.0 Å². The quantitative estimate of drug-likeness (QED) is 0.577. The molecule has 1 aromatic carbocycles. The molecular formula is C25H32N8O. The molecule has 178 valence electrons. The molecule has 1 fully saturated rings. The molecule has 0 aliphatic carbocycles. The number of carbonyl (C=O) groups excluding carboxylic acids is 1. The summed E-state index contributed by atoms with van der Waals surface area (Å²) in [6, 6.07) is 7.60. The van der Waals surface area contributed by atoms with E-state index in [0.717, 1.165) is 48.6 Å². The number of anilines is 4. The minimum atomic E-state index is -0.241. The van der Waals surface area contributed by atoms with Crippen molar-refractivity contribution in [2.75, 3.05) is 48.8 Å². The van der Waals surface area contributed by atoms with Crippen molar-refractivity contribution in [1.29, 1.82) is 0 Å². The van der Waals surface area contributed by atoms with Gasteiger partial charge in [0.25, 0.3) is 5.91 Å². The number of amides is 1. The first-order valence-electron chi connectivity index (χ1n) is 11.6. The summed E-state index contributed by atoms with van der Waals surface area (Å²) in [6.07, 6.45) is 2.32. The van der Waals surface area contributed by atoms with Crippen LogP contribution in [0.15, 0.2) is 30.5 Å². The molecule has 2 N–H and O–H groups in total. The zero-order valence-corrected chi connectivity index (χ0v) is 20.5. The number of hydrogen-bond donors (Lipinski definition) is 2. The standard InChI is InChI=1S/C25H32N8O/c1-6-20-27-24(31-25(28-20)33-12-10-32(5)11-13-33)30-22-19(8-7-9-26-22)23(34)29-21-17(3)14-16(2)15-18(21)4/h7-9,14-15H,6,10-13H2,1-5H3,(H,29,34)(H,26,27,28,30,31). The molecule has 0 bridgehead atoms. The summed E-state index contributed by atoms with van der Waals surface area (Å²) in [6.45, 7) is 11.7. The van der Waals surface area contributed by atoms with E-state index in [1.807, 2.05) is 27.7 Å². The van der Waals surface area contributed by atoms with E-state index in [4.69, 9.17) is 0 Å². The van der Waals surface area contributed by atoms with Crippen LogP contribution in [0.25, 0.3) is 0 Å². The summed E-state index contributed by atoms with van der Waals surface area (Å²) in [5.74, 6) is 1.89. The molecule has 0 spiro atoms. The number of rotatable bonds is 6. The molecule has 1 saturated heterocycles. The highest BCUT2D eigenvalue weighted by Crippen LogP contribution is 2.25. The van der Waals surface area contributed by atoms with E-state index in [1.54, 1.807) is 18.3 Å². The Morgan fingerprint density at radius 2 is 1.74 bits per heavy atom. The molecule has 0 atom stereocenters. The van der Waals surface area contributed by atoms with Gasteiger partial charge in [0.1, 0.15) is 11.6 Å². The van der Waals surface area contributed by atoms with Crippen molar-refractivity contribution in [2.45, 2.75) is 34.1 Å². The number of nitrogens with one attached hydrogen (secondary N) is 2. The molecule has 0 radical (unpaired) electrons. The van der Waals surface area contributed by atoms with E-state index in [-0.39, 0.29) is 5.91 Å². The lowest BCUT2D eigenvalue weighted by atomic mass is 10.0. The highest BCUT2D eigenvalue weighted by Gasteiger charge is 2.20. The van der Waals surface area contributed by atoms with Crippen molar-refractivity contribution < 1.29 is 4.79 Å². The highest BCUT2D eigenvalue weighted by atomic mass is 16.1. The number of hydrogen-bond acceptors (Lipinski definition) is 8. The van der Waals surface area contributed by atoms with Crippen LogP contribution in [0, 0.1) is 20.8 Å². The number of pyridine rings is 1. The van der Waals surface area contributed by atoms with Gasteiger partial charge in [0.15, 0.2) is 0 Å². The van der Waals surface area contributed by atoms with Crippen molar-refractivity contribution in [3.8, 4) is 0 Å². The first kappa shape index (κ1) is 23.6. The predicted molar refractivity (Wildman–Crippen MR) is 135 cm³/mol. The van der Waals surface area contributed by atoms with E-state index in [9.17, 15) is 4.79 Å². The second-order valence-electron chi connectivity index (χ2n) is 8.77. The first-order chi connectivity index (χ1) is 16.3. The molecule has 34 heavy (non-hydrogen) atoms. The monoisotopic (exact) mass is 460 g/mol. The number of piperazine rings is 1. The van der Waals surface area contributed by atoms with Gasteiger partial charge in [-0.2, -0.15) is 15.0 Å². The van der Waals surface area contributed by atoms with Crippen LogP contribution in [0.2, 0.25) is 0 Å². The SMILES string of the molecule is CCc1nc(Nc2ncccc2C(=O)Nc2c(C)cc(C)cc2C)nc(N2CCN(C)CC2)n1. The molecule has 1 amide bonds. The molecule has 1 aliphatic rings.